The van der Waals surface area contributed by atoms with Crippen molar-refractivity contribution < 1.29 is 9.84 Å². The summed E-state index contributed by atoms with van der Waals surface area (Å²) in [7, 11) is 1.91. The number of aliphatic hydroxyl groups is 1. The fourth-order valence-corrected chi connectivity index (χ4v) is 2.59. The van der Waals surface area contributed by atoms with Crippen LogP contribution in [0.1, 0.15) is 38.0 Å². The Bertz CT molecular complexity index is 709. The van der Waals surface area contributed by atoms with Crippen LogP contribution in [0.25, 0.3) is 0 Å². The molecule has 0 saturated carbocycles. The number of guanidine groups is 1. The smallest absolute Gasteiger partial charge is 0.191 e. The number of aromatic nitrogens is 2. The third-order valence-electron chi connectivity index (χ3n) is 3.87. The Morgan fingerprint density at radius 1 is 1.26 bits per heavy atom. The van der Waals surface area contributed by atoms with Crippen LogP contribution in [0.3, 0.4) is 0 Å². The minimum atomic E-state index is -0.660. The third kappa shape index (κ3) is 7.30. The summed E-state index contributed by atoms with van der Waals surface area (Å²) in [6.07, 6.45) is 4.19. The molecule has 1 aromatic heterocycles. The minimum Gasteiger partial charge on any atom is -0.491 e. The molecule has 0 aliphatic heterocycles. The summed E-state index contributed by atoms with van der Waals surface area (Å²) in [5.74, 6) is 1.50. The zero-order chi connectivity index (χ0) is 19.6. The highest BCUT2D eigenvalue weighted by molar-refractivity contribution is 5.79. The van der Waals surface area contributed by atoms with E-state index in [1.807, 2.05) is 64.5 Å². The normalized spacial score (nSPS) is 12.9. The summed E-state index contributed by atoms with van der Waals surface area (Å²) in [4.78, 5) is 4.49. The molecule has 1 atom stereocenters. The van der Waals surface area contributed by atoms with Gasteiger partial charge in [0.1, 0.15) is 5.75 Å². The van der Waals surface area contributed by atoms with Gasteiger partial charge in [-0.3, -0.25) is 9.67 Å². The zero-order valence-electron chi connectivity index (χ0n) is 16.6. The lowest BCUT2D eigenvalue weighted by Gasteiger charge is -2.14. The van der Waals surface area contributed by atoms with Crippen LogP contribution in [0.4, 0.5) is 0 Å². The van der Waals surface area contributed by atoms with Crippen LogP contribution < -0.4 is 15.4 Å². The van der Waals surface area contributed by atoms with Crippen molar-refractivity contribution in [3.05, 3.63) is 47.8 Å². The molecule has 148 valence electrons. The first-order chi connectivity index (χ1) is 13.0. The average Bonchev–Trinajstić information content (AvgIpc) is 3.04. The van der Waals surface area contributed by atoms with Crippen LogP contribution in [0.2, 0.25) is 0 Å². The molecule has 1 aromatic carbocycles. The van der Waals surface area contributed by atoms with Crippen molar-refractivity contribution in [2.75, 3.05) is 19.6 Å². The van der Waals surface area contributed by atoms with Gasteiger partial charge >= 0.3 is 0 Å². The van der Waals surface area contributed by atoms with Crippen molar-refractivity contribution in [1.29, 1.82) is 0 Å². The second kappa shape index (κ2) is 10.6. The van der Waals surface area contributed by atoms with Gasteiger partial charge < -0.3 is 20.5 Å². The SMILES string of the molecule is CCNC(=NCC(O)c1ccc(OC(C)C)cc1)NCCc1cnn(C)c1. The number of nitrogens with one attached hydrogen (secondary N) is 2. The van der Waals surface area contributed by atoms with E-state index < -0.39 is 6.10 Å². The van der Waals surface area contributed by atoms with Crippen LogP contribution in [-0.4, -0.2) is 46.6 Å². The number of ether oxygens (including phenoxy) is 1. The first-order valence-corrected chi connectivity index (χ1v) is 9.42. The number of rotatable bonds is 9. The first kappa shape index (κ1) is 20.8. The molecule has 0 aliphatic rings. The van der Waals surface area contributed by atoms with Gasteiger partial charge in [-0.2, -0.15) is 5.10 Å². The molecule has 0 radical (unpaired) electrons. The number of aliphatic hydroxyl groups excluding tert-OH is 1. The van der Waals surface area contributed by atoms with Gasteiger partial charge in [0.25, 0.3) is 0 Å². The molecule has 0 bridgehead atoms. The molecule has 0 fully saturated rings. The predicted molar refractivity (Wildman–Crippen MR) is 108 cm³/mol. The second-order valence-corrected chi connectivity index (χ2v) is 6.67. The molecule has 2 rings (SSSR count). The Balaban J connectivity index is 1.86. The van der Waals surface area contributed by atoms with E-state index in [0.717, 1.165) is 30.8 Å². The average molecular weight is 374 g/mol. The Hall–Kier alpha value is -2.54. The molecule has 7 nitrogen and oxygen atoms in total. The van der Waals surface area contributed by atoms with Crippen molar-refractivity contribution in [3.8, 4) is 5.75 Å². The van der Waals surface area contributed by atoms with Crippen LogP contribution in [0.15, 0.2) is 41.7 Å². The van der Waals surface area contributed by atoms with E-state index in [9.17, 15) is 5.11 Å². The number of nitrogens with zero attached hydrogens (tertiary/aromatic N) is 3. The topological polar surface area (TPSA) is 83.7 Å². The lowest BCUT2D eigenvalue weighted by Crippen LogP contribution is -2.38. The molecule has 2 aromatic rings. The molecule has 3 N–H and O–H groups in total. The molecule has 0 saturated heterocycles. The van der Waals surface area contributed by atoms with Crippen LogP contribution in [0, 0.1) is 0 Å². The Morgan fingerprint density at radius 3 is 2.59 bits per heavy atom. The molecular formula is C20H31N5O2. The highest BCUT2D eigenvalue weighted by atomic mass is 16.5. The Labute approximate surface area is 161 Å². The summed E-state index contributed by atoms with van der Waals surface area (Å²) < 4.78 is 7.42. The predicted octanol–water partition coefficient (Wildman–Crippen LogP) is 2.04. The summed E-state index contributed by atoms with van der Waals surface area (Å²) in [6.45, 7) is 7.78. The number of hydrogen-bond acceptors (Lipinski definition) is 4. The summed E-state index contributed by atoms with van der Waals surface area (Å²) in [5, 5.41) is 21.1. The lowest BCUT2D eigenvalue weighted by atomic mass is 10.1. The van der Waals surface area contributed by atoms with Crippen LogP contribution in [-0.2, 0) is 13.5 Å². The maximum atomic E-state index is 10.4. The van der Waals surface area contributed by atoms with E-state index in [-0.39, 0.29) is 12.6 Å². The maximum absolute atomic E-state index is 10.4. The van der Waals surface area contributed by atoms with Gasteiger partial charge in [0, 0.05) is 26.3 Å². The van der Waals surface area contributed by atoms with E-state index in [2.05, 4.69) is 20.7 Å². The van der Waals surface area contributed by atoms with E-state index >= 15 is 0 Å². The van der Waals surface area contributed by atoms with E-state index in [1.54, 1.807) is 4.68 Å². The lowest BCUT2D eigenvalue weighted by molar-refractivity contribution is 0.186. The van der Waals surface area contributed by atoms with Gasteiger partial charge in [-0.05, 0) is 50.5 Å². The quantitative estimate of drug-likeness (QED) is 0.463. The van der Waals surface area contributed by atoms with E-state index in [0.29, 0.717) is 5.96 Å². The fraction of sp³-hybridized carbons (Fsp3) is 0.500. The van der Waals surface area contributed by atoms with E-state index in [4.69, 9.17) is 4.74 Å². The fourth-order valence-electron chi connectivity index (χ4n) is 2.59. The maximum Gasteiger partial charge on any atom is 0.191 e. The number of aryl methyl sites for hydroxylation is 1. The molecule has 1 unspecified atom stereocenters. The number of benzene rings is 1. The molecule has 27 heavy (non-hydrogen) atoms. The largest absolute Gasteiger partial charge is 0.491 e. The van der Waals surface area contributed by atoms with Crippen molar-refractivity contribution in [1.82, 2.24) is 20.4 Å². The third-order valence-corrected chi connectivity index (χ3v) is 3.87. The summed E-state index contributed by atoms with van der Waals surface area (Å²) in [5.41, 5.74) is 1.99. The van der Waals surface area contributed by atoms with Gasteiger partial charge in [-0.1, -0.05) is 12.1 Å². The van der Waals surface area contributed by atoms with Crippen molar-refractivity contribution in [2.45, 2.75) is 39.4 Å². The van der Waals surface area contributed by atoms with Gasteiger partial charge in [0.05, 0.1) is 24.9 Å². The van der Waals surface area contributed by atoms with Gasteiger partial charge in [-0.25, -0.2) is 0 Å². The standard InChI is InChI=1S/C20H31N5O2/c1-5-21-20(22-11-10-16-12-24-25(4)14-16)23-13-19(26)17-6-8-18(9-7-17)27-15(2)3/h6-9,12,14-15,19,26H,5,10-11,13H2,1-4H3,(H2,21,22,23). The van der Waals surface area contributed by atoms with Crippen LogP contribution in [0.5, 0.6) is 5.75 Å². The summed E-state index contributed by atoms with van der Waals surface area (Å²) in [6, 6.07) is 7.50. The van der Waals surface area contributed by atoms with Crippen LogP contribution >= 0.6 is 0 Å². The number of hydrogen-bond donors (Lipinski definition) is 3. The van der Waals surface area contributed by atoms with Gasteiger partial charge in [0.2, 0.25) is 0 Å². The minimum absolute atomic E-state index is 0.130. The van der Waals surface area contributed by atoms with Gasteiger partial charge in [0.15, 0.2) is 5.96 Å². The molecule has 7 heteroatoms. The van der Waals surface area contributed by atoms with Gasteiger partial charge in [-0.15, -0.1) is 0 Å². The molecule has 0 aliphatic carbocycles. The highest BCUT2D eigenvalue weighted by Crippen LogP contribution is 2.19. The Kier molecular flexibility index (Phi) is 8.13. The highest BCUT2D eigenvalue weighted by Gasteiger charge is 2.08. The molecule has 0 amide bonds. The first-order valence-electron chi connectivity index (χ1n) is 9.42. The molecule has 1 heterocycles. The monoisotopic (exact) mass is 373 g/mol. The Morgan fingerprint density at radius 2 is 2.00 bits per heavy atom. The van der Waals surface area contributed by atoms with E-state index in [1.165, 1.54) is 5.56 Å². The summed E-state index contributed by atoms with van der Waals surface area (Å²) >= 11 is 0. The van der Waals surface area contributed by atoms with Crippen molar-refractivity contribution in [3.63, 3.8) is 0 Å². The molecule has 0 spiro atoms. The van der Waals surface area contributed by atoms with Crippen molar-refractivity contribution in [2.24, 2.45) is 12.0 Å². The molecular weight excluding hydrogens is 342 g/mol. The zero-order valence-corrected chi connectivity index (χ0v) is 16.6. The second-order valence-electron chi connectivity index (χ2n) is 6.67. The van der Waals surface area contributed by atoms with Crippen molar-refractivity contribution >= 4 is 5.96 Å². The number of aliphatic imine (C=N–C) groups is 1.